The number of ether oxygens (including phenoxy) is 1. The molecule has 1 atom stereocenters. The number of para-hydroxylation sites is 1. The standard InChI is InChI=1S/C22H25F2N3O3/c1-14-13-27(20-4-2-3-17(23)21(20)30-14)22(29)25-12-15-5-6-19(18(24)11-15)26-9-7-16(28)8-10-26/h2-6,11,14,16,28H,7-10,12-13H2,1H3,(H,25,29)/t14-/m0/s1. The molecule has 0 saturated carbocycles. The van der Waals surface area contributed by atoms with E-state index in [1.165, 1.54) is 23.1 Å². The first-order valence-electron chi connectivity index (χ1n) is 10.1. The highest BCUT2D eigenvalue weighted by molar-refractivity contribution is 5.94. The van der Waals surface area contributed by atoms with Gasteiger partial charge in [-0.05, 0) is 49.6 Å². The van der Waals surface area contributed by atoms with Crippen molar-refractivity contribution in [2.45, 2.75) is 38.5 Å². The SMILES string of the molecule is C[C@H]1CN(C(=O)NCc2ccc(N3CCC(O)CC3)c(F)c2)c2cccc(F)c2O1. The van der Waals surface area contributed by atoms with Crippen LogP contribution in [-0.4, -0.2) is 43.0 Å². The Morgan fingerprint density at radius 2 is 1.93 bits per heavy atom. The van der Waals surface area contributed by atoms with Gasteiger partial charge in [-0.25, -0.2) is 13.6 Å². The molecule has 2 aromatic carbocycles. The van der Waals surface area contributed by atoms with Gasteiger partial charge < -0.3 is 20.1 Å². The van der Waals surface area contributed by atoms with Crippen LogP contribution in [0.4, 0.5) is 25.0 Å². The number of aliphatic hydroxyl groups excluding tert-OH is 1. The minimum Gasteiger partial charge on any atom is -0.484 e. The highest BCUT2D eigenvalue weighted by atomic mass is 19.1. The van der Waals surface area contributed by atoms with Crippen molar-refractivity contribution in [2.75, 3.05) is 29.4 Å². The molecule has 0 unspecified atom stereocenters. The smallest absolute Gasteiger partial charge is 0.322 e. The summed E-state index contributed by atoms with van der Waals surface area (Å²) in [4.78, 5) is 16.1. The van der Waals surface area contributed by atoms with E-state index in [1.807, 2.05) is 4.90 Å². The van der Waals surface area contributed by atoms with Gasteiger partial charge in [0.1, 0.15) is 11.9 Å². The maximum atomic E-state index is 14.6. The minimum atomic E-state index is -0.514. The number of anilines is 2. The van der Waals surface area contributed by atoms with Crippen LogP contribution in [0.2, 0.25) is 0 Å². The van der Waals surface area contributed by atoms with Gasteiger partial charge in [-0.2, -0.15) is 0 Å². The maximum Gasteiger partial charge on any atom is 0.322 e. The monoisotopic (exact) mass is 417 g/mol. The molecule has 2 amide bonds. The van der Waals surface area contributed by atoms with Gasteiger partial charge in [0.15, 0.2) is 11.6 Å². The summed E-state index contributed by atoms with van der Waals surface area (Å²) in [7, 11) is 0. The molecule has 6 nitrogen and oxygen atoms in total. The molecule has 2 N–H and O–H groups in total. The zero-order valence-corrected chi connectivity index (χ0v) is 16.8. The lowest BCUT2D eigenvalue weighted by Crippen LogP contribution is -2.47. The number of fused-ring (bicyclic) bond motifs is 1. The van der Waals surface area contributed by atoms with Crippen molar-refractivity contribution in [3.63, 3.8) is 0 Å². The van der Waals surface area contributed by atoms with Crippen molar-refractivity contribution in [3.8, 4) is 5.75 Å². The van der Waals surface area contributed by atoms with Crippen LogP contribution in [-0.2, 0) is 6.54 Å². The summed E-state index contributed by atoms with van der Waals surface area (Å²) in [5.74, 6) is -0.807. The molecule has 2 aliphatic heterocycles. The van der Waals surface area contributed by atoms with E-state index in [-0.39, 0.29) is 36.9 Å². The summed E-state index contributed by atoms with van der Waals surface area (Å²) in [6.07, 6.45) is 0.578. The van der Waals surface area contributed by atoms with Crippen LogP contribution < -0.4 is 19.9 Å². The van der Waals surface area contributed by atoms with E-state index in [9.17, 15) is 18.7 Å². The number of nitrogens with zero attached hydrogens (tertiary/aromatic N) is 2. The van der Waals surface area contributed by atoms with Gasteiger partial charge in [-0.1, -0.05) is 12.1 Å². The van der Waals surface area contributed by atoms with E-state index in [0.717, 1.165) is 0 Å². The predicted octanol–water partition coefficient (Wildman–Crippen LogP) is 3.42. The third-order valence-electron chi connectivity index (χ3n) is 5.50. The van der Waals surface area contributed by atoms with Gasteiger partial charge in [0.2, 0.25) is 0 Å². The average molecular weight is 417 g/mol. The Bertz CT molecular complexity index is 932. The number of benzene rings is 2. The van der Waals surface area contributed by atoms with E-state index < -0.39 is 11.8 Å². The van der Waals surface area contributed by atoms with Crippen LogP contribution in [0.25, 0.3) is 0 Å². The van der Waals surface area contributed by atoms with Crippen LogP contribution >= 0.6 is 0 Å². The number of rotatable bonds is 3. The second-order valence-electron chi connectivity index (χ2n) is 7.79. The Kier molecular flexibility index (Phi) is 5.76. The van der Waals surface area contributed by atoms with Crippen LogP contribution in [0.15, 0.2) is 36.4 Å². The van der Waals surface area contributed by atoms with Gasteiger partial charge in [0.25, 0.3) is 0 Å². The lowest BCUT2D eigenvalue weighted by Gasteiger charge is -2.33. The van der Waals surface area contributed by atoms with E-state index in [2.05, 4.69) is 5.32 Å². The fraction of sp³-hybridized carbons (Fsp3) is 0.409. The van der Waals surface area contributed by atoms with Crippen molar-refractivity contribution >= 4 is 17.4 Å². The number of halogens is 2. The molecule has 1 fully saturated rings. The molecular formula is C22H25F2N3O3. The molecule has 0 bridgehead atoms. The van der Waals surface area contributed by atoms with Gasteiger partial charge in [0, 0.05) is 19.6 Å². The lowest BCUT2D eigenvalue weighted by atomic mass is 10.1. The van der Waals surface area contributed by atoms with Crippen molar-refractivity contribution in [2.24, 2.45) is 0 Å². The third kappa shape index (κ3) is 4.18. The Morgan fingerprint density at radius 1 is 1.17 bits per heavy atom. The van der Waals surface area contributed by atoms with Crippen LogP contribution in [0.1, 0.15) is 25.3 Å². The third-order valence-corrected chi connectivity index (χ3v) is 5.50. The fourth-order valence-corrected chi connectivity index (χ4v) is 3.91. The number of carbonyl (C=O) groups is 1. The zero-order valence-electron chi connectivity index (χ0n) is 16.8. The number of aliphatic hydroxyl groups is 1. The van der Waals surface area contributed by atoms with Gasteiger partial charge in [0.05, 0.1) is 24.0 Å². The molecule has 0 aliphatic carbocycles. The molecule has 4 rings (SSSR count). The van der Waals surface area contributed by atoms with Crippen molar-refractivity contribution in [3.05, 3.63) is 53.6 Å². The number of amides is 2. The normalized spacial score (nSPS) is 19.3. The summed E-state index contributed by atoms with van der Waals surface area (Å²) in [6.45, 7) is 3.42. The van der Waals surface area contributed by atoms with E-state index in [0.29, 0.717) is 42.9 Å². The molecule has 1 saturated heterocycles. The number of urea groups is 1. The van der Waals surface area contributed by atoms with E-state index in [1.54, 1.807) is 25.1 Å². The predicted molar refractivity (Wildman–Crippen MR) is 110 cm³/mol. The molecule has 160 valence electrons. The average Bonchev–Trinajstić information content (AvgIpc) is 2.73. The van der Waals surface area contributed by atoms with E-state index >= 15 is 0 Å². The highest BCUT2D eigenvalue weighted by Crippen LogP contribution is 2.35. The topological polar surface area (TPSA) is 65.0 Å². The number of carbonyl (C=O) groups excluding carboxylic acids is 1. The zero-order chi connectivity index (χ0) is 21.3. The van der Waals surface area contributed by atoms with Crippen LogP contribution in [0.3, 0.4) is 0 Å². The number of piperidine rings is 1. The quantitative estimate of drug-likeness (QED) is 0.803. The van der Waals surface area contributed by atoms with Gasteiger partial charge >= 0.3 is 6.03 Å². The maximum absolute atomic E-state index is 14.6. The summed E-state index contributed by atoms with van der Waals surface area (Å²) in [6, 6.07) is 8.95. The number of hydrogen-bond donors (Lipinski definition) is 2. The van der Waals surface area contributed by atoms with Crippen molar-refractivity contribution in [1.29, 1.82) is 0 Å². The van der Waals surface area contributed by atoms with Crippen molar-refractivity contribution in [1.82, 2.24) is 5.32 Å². The first-order chi connectivity index (χ1) is 14.4. The van der Waals surface area contributed by atoms with Gasteiger partial charge in [-0.3, -0.25) is 4.90 Å². The minimum absolute atomic E-state index is 0.0634. The molecule has 0 radical (unpaired) electrons. The second-order valence-corrected chi connectivity index (χ2v) is 7.79. The number of hydrogen-bond acceptors (Lipinski definition) is 4. The fourth-order valence-electron chi connectivity index (χ4n) is 3.91. The molecule has 2 aliphatic rings. The molecule has 2 heterocycles. The first kappa shape index (κ1) is 20.4. The molecule has 0 aromatic heterocycles. The molecule has 8 heteroatoms. The highest BCUT2D eigenvalue weighted by Gasteiger charge is 2.29. The Hall–Kier alpha value is -2.87. The molecule has 0 spiro atoms. The molecule has 30 heavy (non-hydrogen) atoms. The first-order valence-corrected chi connectivity index (χ1v) is 10.1. The summed E-state index contributed by atoms with van der Waals surface area (Å²) in [5, 5.41) is 12.4. The van der Waals surface area contributed by atoms with Crippen molar-refractivity contribution < 1.29 is 23.4 Å². The Balaban J connectivity index is 1.42. The summed E-state index contributed by atoms with van der Waals surface area (Å²) >= 11 is 0. The molecule has 2 aromatic rings. The van der Waals surface area contributed by atoms with Crippen LogP contribution in [0, 0.1) is 11.6 Å². The Labute approximate surface area is 174 Å². The van der Waals surface area contributed by atoms with Gasteiger partial charge in [-0.15, -0.1) is 0 Å². The Morgan fingerprint density at radius 3 is 2.67 bits per heavy atom. The second kappa shape index (κ2) is 8.47. The van der Waals surface area contributed by atoms with Crippen LogP contribution in [0.5, 0.6) is 5.75 Å². The number of nitrogens with one attached hydrogen (secondary N) is 1. The molecular weight excluding hydrogens is 392 g/mol. The summed E-state index contributed by atoms with van der Waals surface area (Å²) in [5.41, 5.74) is 1.50. The lowest BCUT2D eigenvalue weighted by molar-refractivity contribution is 0.145. The largest absolute Gasteiger partial charge is 0.484 e. The van der Waals surface area contributed by atoms with E-state index in [4.69, 9.17) is 4.74 Å². The summed E-state index contributed by atoms with van der Waals surface area (Å²) < 4.78 is 34.2.